The summed E-state index contributed by atoms with van der Waals surface area (Å²) in [5.41, 5.74) is 1.42. The zero-order valence-corrected chi connectivity index (χ0v) is 18.4. The summed E-state index contributed by atoms with van der Waals surface area (Å²) in [4.78, 5) is 25.9. The molecule has 0 unspecified atom stereocenters. The summed E-state index contributed by atoms with van der Waals surface area (Å²) in [6.45, 7) is 4.17. The standard InChI is InChI=1S/C22H27N3O5S/c1-16(2)24-31(28,29)20-9-3-6-17(12-20)14-23-21(26)15-30-19-8-4-7-18(13-19)25-11-5-10-22(25)27/h3-4,6-9,12-13,16,24H,5,10-11,14-15H2,1-2H3,(H,23,26). The Morgan fingerprint density at radius 3 is 2.65 bits per heavy atom. The van der Waals surface area contributed by atoms with Gasteiger partial charge in [0.1, 0.15) is 5.75 Å². The third kappa shape index (κ3) is 6.28. The van der Waals surface area contributed by atoms with Crippen LogP contribution in [-0.4, -0.2) is 39.4 Å². The molecule has 1 fully saturated rings. The van der Waals surface area contributed by atoms with Crippen molar-refractivity contribution in [3.8, 4) is 5.75 Å². The van der Waals surface area contributed by atoms with E-state index in [1.165, 1.54) is 12.1 Å². The van der Waals surface area contributed by atoms with Gasteiger partial charge in [0.15, 0.2) is 6.61 Å². The Morgan fingerprint density at radius 1 is 1.16 bits per heavy atom. The van der Waals surface area contributed by atoms with Crippen LogP contribution in [0.25, 0.3) is 0 Å². The van der Waals surface area contributed by atoms with E-state index in [0.29, 0.717) is 24.3 Å². The monoisotopic (exact) mass is 445 g/mol. The molecule has 9 heteroatoms. The Kier molecular flexibility index (Phi) is 7.29. The first-order valence-corrected chi connectivity index (χ1v) is 11.6. The highest BCUT2D eigenvalue weighted by atomic mass is 32.2. The average molecular weight is 446 g/mol. The van der Waals surface area contributed by atoms with Crippen LogP contribution in [0.2, 0.25) is 0 Å². The van der Waals surface area contributed by atoms with Crippen molar-refractivity contribution in [1.29, 1.82) is 0 Å². The van der Waals surface area contributed by atoms with Gasteiger partial charge in [-0.05, 0) is 50.1 Å². The van der Waals surface area contributed by atoms with Gasteiger partial charge < -0.3 is 15.0 Å². The smallest absolute Gasteiger partial charge is 0.258 e. The molecule has 31 heavy (non-hydrogen) atoms. The van der Waals surface area contributed by atoms with E-state index in [4.69, 9.17) is 4.74 Å². The zero-order valence-electron chi connectivity index (χ0n) is 17.6. The predicted octanol–water partition coefficient (Wildman–Crippen LogP) is 2.20. The number of benzene rings is 2. The molecule has 0 aromatic heterocycles. The predicted molar refractivity (Wildman–Crippen MR) is 117 cm³/mol. The van der Waals surface area contributed by atoms with Crippen molar-refractivity contribution in [2.75, 3.05) is 18.1 Å². The second kappa shape index (κ2) is 9.93. The van der Waals surface area contributed by atoms with E-state index in [1.54, 1.807) is 49.1 Å². The summed E-state index contributed by atoms with van der Waals surface area (Å²) in [5, 5.41) is 2.72. The van der Waals surface area contributed by atoms with Gasteiger partial charge in [-0.1, -0.05) is 18.2 Å². The molecule has 0 radical (unpaired) electrons. The molecule has 1 aliphatic heterocycles. The van der Waals surface area contributed by atoms with Crippen LogP contribution in [0.1, 0.15) is 32.3 Å². The van der Waals surface area contributed by atoms with Gasteiger partial charge in [-0.25, -0.2) is 13.1 Å². The summed E-state index contributed by atoms with van der Waals surface area (Å²) < 4.78 is 32.7. The number of anilines is 1. The number of amides is 2. The summed E-state index contributed by atoms with van der Waals surface area (Å²) >= 11 is 0. The van der Waals surface area contributed by atoms with Crippen LogP contribution in [0.3, 0.4) is 0 Å². The Morgan fingerprint density at radius 2 is 1.94 bits per heavy atom. The lowest BCUT2D eigenvalue weighted by Gasteiger charge is -2.16. The Bertz CT molecular complexity index is 1050. The number of hydrogen-bond acceptors (Lipinski definition) is 5. The molecule has 1 saturated heterocycles. The number of rotatable bonds is 9. The number of carbonyl (C=O) groups is 2. The molecule has 1 heterocycles. The second-order valence-electron chi connectivity index (χ2n) is 7.64. The molecule has 2 amide bonds. The molecule has 2 N–H and O–H groups in total. The minimum atomic E-state index is -3.60. The number of nitrogens with zero attached hydrogens (tertiary/aromatic N) is 1. The molecule has 1 aliphatic rings. The maximum Gasteiger partial charge on any atom is 0.258 e. The highest BCUT2D eigenvalue weighted by Gasteiger charge is 2.22. The maximum atomic E-state index is 12.3. The zero-order chi connectivity index (χ0) is 22.4. The highest BCUT2D eigenvalue weighted by molar-refractivity contribution is 7.89. The third-order valence-corrected chi connectivity index (χ3v) is 6.32. The van der Waals surface area contributed by atoms with Crippen molar-refractivity contribution in [2.24, 2.45) is 0 Å². The van der Waals surface area contributed by atoms with Crippen molar-refractivity contribution in [3.63, 3.8) is 0 Å². The molecular weight excluding hydrogens is 418 g/mol. The largest absolute Gasteiger partial charge is 0.484 e. The molecular formula is C22H27N3O5S. The van der Waals surface area contributed by atoms with Crippen LogP contribution in [0.5, 0.6) is 5.75 Å². The van der Waals surface area contributed by atoms with Gasteiger partial charge in [-0.15, -0.1) is 0 Å². The Balaban J connectivity index is 1.53. The van der Waals surface area contributed by atoms with Crippen LogP contribution in [-0.2, 0) is 26.2 Å². The SMILES string of the molecule is CC(C)NS(=O)(=O)c1cccc(CNC(=O)COc2cccc(N3CCCC3=O)c2)c1. The molecule has 3 rings (SSSR count). The minimum Gasteiger partial charge on any atom is -0.484 e. The van der Waals surface area contributed by atoms with Gasteiger partial charge in [0.05, 0.1) is 4.90 Å². The molecule has 0 bridgehead atoms. The van der Waals surface area contributed by atoms with Gasteiger partial charge in [0.2, 0.25) is 15.9 Å². The van der Waals surface area contributed by atoms with Gasteiger partial charge in [-0.3, -0.25) is 9.59 Å². The number of ether oxygens (including phenoxy) is 1. The van der Waals surface area contributed by atoms with Crippen LogP contribution in [0.4, 0.5) is 5.69 Å². The summed E-state index contributed by atoms with van der Waals surface area (Å²) in [6, 6.07) is 13.3. The first kappa shape index (κ1) is 22.8. The number of hydrogen-bond donors (Lipinski definition) is 2. The molecule has 2 aromatic rings. The summed E-state index contributed by atoms with van der Waals surface area (Å²) in [5.74, 6) is 0.249. The molecule has 166 valence electrons. The number of carbonyl (C=O) groups excluding carboxylic acids is 2. The lowest BCUT2D eigenvalue weighted by Crippen LogP contribution is -2.30. The van der Waals surface area contributed by atoms with E-state index in [1.807, 2.05) is 6.07 Å². The summed E-state index contributed by atoms with van der Waals surface area (Å²) in [6.07, 6.45) is 1.38. The van der Waals surface area contributed by atoms with E-state index in [9.17, 15) is 18.0 Å². The number of sulfonamides is 1. The molecule has 0 spiro atoms. The van der Waals surface area contributed by atoms with Crippen molar-refractivity contribution < 1.29 is 22.7 Å². The first-order chi connectivity index (χ1) is 14.7. The molecule has 0 saturated carbocycles. The molecule has 0 aliphatic carbocycles. The Hall–Kier alpha value is -2.91. The van der Waals surface area contributed by atoms with E-state index in [-0.39, 0.29) is 35.9 Å². The number of nitrogens with one attached hydrogen (secondary N) is 2. The van der Waals surface area contributed by atoms with Crippen molar-refractivity contribution in [2.45, 2.75) is 44.2 Å². The second-order valence-corrected chi connectivity index (χ2v) is 9.35. The van der Waals surface area contributed by atoms with Gasteiger partial charge >= 0.3 is 0 Å². The van der Waals surface area contributed by atoms with E-state index < -0.39 is 10.0 Å². The topological polar surface area (TPSA) is 105 Å². The third-order valence-electron chi connectivity index (χ3n) is 4.66. The van der Waals surface area contributed by atoms with E-state index >= 15 is 0 Å². The van der Waals surface area contributed by atoms with E-state index in [2.05, 4.69) is 10.0 Å². The van der Waals surface area contributed by atoms with E-state index in [0.717, 1.165) is 12.1 Å². The highest BCUT2D eigenvalue weighted by Crippen LogP contribution is 2.25. The Labute approximate surface area is 182 Å². The van der Waals surface area contributed by atoms with Crippen LogP contribution in [0.15, 0.2) is 53.4 Å². The maximum absolute atomic E-state index is 12.3. The van der Waals surface area contributed by atoms with Crippen LogP contribution < -0.4 is 19.7 Å². The normalized spacial score (nSPS) is 14.2. The summed E-state index contributed by atoms with van der Waals surface area (Å²) in [7, 11) is -3.60. The lowest BCUT2D eigenvalue weighted by molar-refractivity contribution is -0.123. The first-order valence-electron chi connectivity index (χ1n) is 10.2. The fraction of sp³-hybridized carbons (Fsp3) is 0.364. The van der Waals surface area contributed by atoms with Crippen LogP contribution >= 0.6 is 0 Å². The molecule has 0 atom stereocenters. The average Bonchev–Trinajstić information content (AvgIpc) is 3.16. The molecule has 2 aromatic carbocycles. The fourth-order valence-corrected chi connectivity index (χ4v) is 4.58. The van der Waals surface area contributed by atoms with Gasteiger partial charge in [0.25, 0.3) is 5.91 Å². The minimum absolute atomic E-state index is 0.0859. The van der Waals surface area contributed by atoms with Gasteiger partial charge in [0, 0.05) is 37.3 Å². The molecule has 8 nitrogen and oxygen atoms in total. The lowest BCUT2D eigenvalue weighted by atomic mass is 10.2. The van der Waals surface area contributed by atoms with Crippen molar-refractivity contribution in [3.05, 3.63) is 54.1 Å². The van der Waals surface area contributed by atoms with Crippen molar-refractivity contribution in [1.82, 2.24) is 10.0 Å². The quantitative estimate of drug-likeness (QED) is 0.616. The van der Waals surface area contributed by atoms with Crippen LogP contribution in [0, 0.1) is 0 Å². The fourth-order valence-electron chi connectivity index (χ4n) is 3.26. The van der Waals surface area contributed by atoms with Gasteiger partial charge in [-0.2, -0.15) is 0 Å². The van der Waals surface area contributed by atoms with Crippen molar-refractivity contribution >= 4 is 27.5 Å².